The number of benzene rings is 8. The molecule has 0 saturated heterocycles. The highest BCUT2D eigenvalue weighted by molar-refractivity contribution is 7.25. The van der Waals surface area contributed by atoms with E-state index in [0.717, 1.165) is 72.6 Å². The van der Waals surface area contributed by atoms with Crippen LogP contribution in [0.2, 0.25) is 0 Å². The van der Waals surface area contributed by atoms with Crippen molar-refractivity contribution in [3.05, 3.63) is 188 Å². The summed E-state index contributed by atoms with van der Waals surface area (Å²) < 4.78 is 68.6. The van der Waals surface area contributed by atoms with Crippen LogP contribution in [-0.2, 0) is 0 Å². The second kappa shape index (κ2) is 12.2. The molecule has 0 radical (unpaired) electrons. The van der Waals surface area contributed by atoms with Crippen molar-refractivity contribution in [2.24, 2.45) is 0 Å². The summed E-state index contributed by atoms with van der Waals surface area (Å²) in [5, 5.41) is 2.45. The van der Waals surface area contributed by atoms with Gasteiger partial charge in [-0.3, -0.25) is 0 Å². The molecule has 10 rings (SSSR count). The van der Waals surface area contributed by atoms with Crippen LogP contribution in [0.15, 0.2) is 192 Å². The fourth-order valence-electron chi connectivity index (χ4n) is 6.91. The van der Waals surface area contributed by atoms with Gasteiger partial charge < -0.3 is 9.32 Å². The van der Waals surface area contributed by atoms with Crippen molar-refractivity contribution in [2.75, 3.05) is 4.90 Å². The predicted molar refractivity (Wildman–Crippen MR) is 218 cm³/mol. The van der Waals surface area contributed by atoms with Crippen molar-refractivity contribution in [2.45, 2.75) is 0 Å². The highest BCUT2D eigenvalue weighted by Gasteiger charge is 2.24. The van der Waals surface area contributed by atoms with Gasteiger partial charge in [-0.05, 0) is 82.3 Å². The van der Waals surface area contributed by atoms with E-state index in [9.17, 15) is 1.37 Å². The Morgan fingerprint density at radius 3 is 1.80 bits per heavy atom. The van der Waals surface area contributed by atoms with E-state index < -0.39 is 6.04 Å². The van der Waals surface area contributed by atoms with Crippen molar-refractivity contribution in [1.82, 2.24) is 0 Å². The van der Waals surface area contributed by atoms with E-state index in [0.29, 0.717) is 10.3 Å². The number of furan rings is 1. The summed E-state index contributed by atoms with van der Waals surface area (Å²) in [5.74, 6) is 0. The number of hydrogen-bond acceptors (Lipinski definition) is 3. The van der Waals surface area contributed by atoms with E-state index in [2.05, 4.69) is 71.6 Å². The summed E-state index contributed by atoms with van der Waals surface area (Å²) in [7, 11) is 0. The molecule has 0 bridgehead atoms. The van der Waals surface area contributed by atoms with E-state index in [1.165, 1.54) is 0 Å². The Labute approximate surface area is 309 Å². The van der Waals surface area contributed by atoms with E-state index in [1.54, 1.807) is 0 Å². The average molecular weight is 677 g/mol. The lowest BCUT2D eigenvalue weighted by atomic mass is 9.98. The molecule has 51 heavy (non-hydrogen) atoms. The largest absolute Gasteiger partial charge is 0.454 e. The van der Waals surface area contributed by atoms with Crippen molar-refractivity contribution in [3.8, 4) is 33.4 Å². The standard InChI is InChI=1S/C48H31NOS/c1-3-11-32(12-4-1)33-19-24-37(25-20-33)49(38-26-21-34(22-27-38)36-23-30-46-43(31-36)41-16-8-10-18-45(41)51-46)47-39(35-13-5-2-6-14-35)28-29-42-40-15-7-9-17-44(40)50-48(42)47/h1-31H/i8D,10D,16D,18D,23D,30D,31D. The zero-order chi connectivity index (χ0) is 39.8. The van der Waals surface area contributed by atoms with Crippen LogP contribution in [-0.4, -0.2) is 0 Å². The number of rotatable bonds is 6. The van der Waals surface area contributed by atoms with Gasteiger partial charge in [0.15, 0.2) is 5.58 Å². The van der Waals surface area contributed by atoms with Gasteiger partial charge in [-0.1, -0.05) is 133 Å². The molecular weight excluding hydrogens is 639 g/mol. The van der Waals surface area contributed by atoms with Gasteiger partial charge in [0.05, 0.1) is 15.3 Å². The Morgan fingerprint density at radius 2 is 1.06 bits per heavy atom. The van der Waals surface area contributed by atoms with Gasteiger partial charge >= 0.3 is 0 Å². The fourth-order valence-corrected chi connectivity index (χ4v) is 7.83. The first-order valence-corrected chi connectivity index (χ1v) is 17.5. The number of anilines is 3. The minimum absolute atomic E-state index is 0.0493. The minimum Gasteiger partial charge on any atom is -0.454 e. The van der Waals surface area contributed by atoms with E-state index in [-0.39, 0.29) is 57.3 Å². The molecule has 0 unspecified atom stereocenters. The zero-order valence-corrected chi connectivity index (χ0v) is 27.9. The molecule has 0 aliphatic rings. The summed E-state index contributed by atoms with van der Waals surface area (Å²) in [6.07, 6.45) is 0. The predicted octanol–water partition coefficient (Wildman–Crippen LogP) is 14.4. The zero-order valence-electron chi connectivity index (χ0n) is 34.1. The van der Waals surface area contributed by atoms with Crippen LogP contribution in [0.1, 0.15) is 9.60 Å². The lowest BCUT2D eigenvalue weighted by Gasteiger charge is -2.28. The van der Waals surface area contributed by atoms with Crippen LogP contribution in [0, 0.1) is 0 Å². The summed E-state index contributed by atoms with van der Waals surface area (Å²) in [6, 6.07) is 47.2. The molecule has 0 saturated carbocycles. The molecule has 0 aliphatic heterocycles. The maximum absolute atomic E-state index is 9.40. The van der Waals surface area contributed by atoms with E-state index >= 15 is 0 Å². The third-order valence-electron chi connectivity index (χ3n) is 9.36. The van der Waals surface area contributed by atoms with Crippen LogP contribution in [0.3, 0.4) is 0 Å². The smallest absolute Gasteiger partial charge is 0.160 e. The molecule has 8 aromatic carbocycles. The SMILES string of the molecule is [2H]c1c([2H])c([2H])c2c(sc3c([2H])c([2H])c(-c4ccc(N(c5ccc(-c6ccccc6)cc5)c5c(-c6ccccc6)ccc6c5oc5ccccc56)cc4)c([2H])c32)c1[2H]. The molecule has 0 atom stereocenters. The fraction of sp³-hybridized carbons (Fsp3) is 0. The highest BCUT2D eigenvalue weighted by atomic mass is 32.1. The molecule has 0 aliphatic carbocycles. The number of thiophene rings is 1. The van der Waals surface area contributed by atoms with Crippen LogP contribution in [0.5, 0.6) is 0 Å². The summed E-state index contributed by atoms with van der Waals surface area (Å²) in [4.78, 5) is 2.18. The molecule has 10 aromatic rings. The molecule has 0 N–H and O–H groups in total. The molecule has 0 spiro atoms. The summed E-state index contributed by atoms with van der Waals surface area (Å²) in [5.41, 5.74) is 8.93. The van der Waals surface area contributed by atoms with E-state index in [4.69, 9.17) is 12.6 Å². The van der Waals surface area contributed by atoms with Crippen molar-refractivity contribution >= 4 is 70.5 Å². The van der Waals surface area contributed by atoms with Crippen molar-refractivity contribution in [3.63, 3.8) is 0 Å². The van der Waals surface area contributed by atoms with Crippen LogP contribution < -0.4 is 4.90 Å². The van der Waals surface area contributed by atoms with Crippen molar-refractivity contribution < 1.29 is 14.0 Å². The Bertz CT molecular complexity index is 3240. The number of nitrogens with zero attached hydrogens (tertiary/aromatic N) is 1. The number of fused-ring (bicyclic) bond motifs is 6. The molecule has 240 valence electrons. The first kappa shape index (κ1) is 23.1. The van der Waals surface area contributed by atoms with Gasteiger partial charge in [0.25, 0.3) is 0 Å². The Morgan fingerprint density at radius 1 is 0.451 bits per heavy atom. The maximum atomic E-state index is 9.40. The molecule has 2 aromatic heterocycles. The lowest BCUT2D eigenvalue weighted by molar-refractivity contribution is 0.669. The maximum Gasteiger partial charge on any atom is 0.160 e. The highest BCUT2D eigenvalue weighted by Crippen LogP contribution is 2.48. The van der Waals surface area contributed by atoms with Gasteiger partial charge in [-0.2, -0.15) is 0 Å². The molecular formula is C48H31NOS. The number of para-hydroxylation sites is 1. The monoisotopic (exact) mass is 676 g/mol. The first-order chi connectivity index (χ1) is 28.2. The van der Waals surface area contributed by atoms with Gasteiger partial charge in [0.2, 0.25) is 0 Å². The molecule has 0 amide bonds. The van der Waals surface area contributed by atoms with Gasteiger partial charge in [0.1, 0.15) is 5.58 Å². The summed E-state index contributed by atoms with van der Waals surface area (Å²) in [6.45, 7) is 0. The minimum atomic E-state index is -0.393. The second-order valence-electron chi connectivity index (χ2n) is 12.4. The Hall–Kier alpha value is -6.42. The topological polar surface area (TPSA) is 16.4 Å². The average Bonchev–Trinajstić information content (AvgIpc) is 3.86. The quantitative estimate of drug-likeness (QED) is 0.174. The first-order valence-electron chi connectivity index (χ1n) is 20.2. The lowest BCUT2D eigenvalue weighted by Crippen LogP contribution is -2.11. The Balaban J connectivity index is 1.20. The third-order valence-corrected chi connectivity index (χ3v) is 10.4. The normalized spacial score (nSPS) is 13.5. The molecule has 2 heterocycles. The van der Waals surface area contributed by atoms with Crippen LogP contribution >= 0.6 is 11.3 Å². The molecule has 2 nitrogen and oxygen atoms in total. The molecule has 3 heteroatoms. The van der Waals surface area contributed by atoms with Crippen LogP contribution in [0.25, 0.3) is 75.5 Å². The van der Waals surface area contributed by atoms with Gasteiger partial charge in [-0.15, -0.1) is 11.3 Å². The number of hydrogen-bond donors (Lipinski definition) is 0. The van der Waals surface area contributed by atoms with Gasteiger partial charge in [0, 0.05) is 47.9 Å². The van der Waals surface area contributed by atoms with E-state index in [1.807, 2.05) is 78.9 Å². The Kier molecular flexibility index (Phi) is 5.50. The summed E-state index contributed by atoms with van der Waals surface area (Å²) >= 11 is 1.03. The van der Waals surface area contributed by atoms with Gasteiger partial charge in [-0.25, -0.2) is 0 Å². The second-order valence-corrected chi connectivity index (χ2v) is 13.4. The van der Waals surface area contributed by atoms with Crippen molar-refractivity contribution in [1.29, 1.82) is 0 Å². The third kappa shape index (κ3) is 5.10. The molecule has 0 fully saturated rings. The van der Waals surface area contributed by atoms with Crippen LogP contribution in [0.4, 0.5) is 17.1 Å².